The van der Waals surface area contributed by atoms with Crippen LogP contribution in [0.2, 0.25) is 0 Å². The molecule has 0 bridgehead atoms. The Balaban J connectivity index is 2.38. The molecule has 1 saturated heterocycles. The van der Waals surface area contributed by atoms with E-state index in [9.17, 15) is 5.21 Å². The lowest BCUT2D eigenvalue weighted by molar-refractivity contribution is -0.145. The van der Waals surface area contributed by atoms with Crippen molar-refractivity contribution < 1.29 is 5.21 Å². The van der Waals surface area contributed by atoms with E-state index in [1.54, 1.807) is 0 Å². The van der Waals surface area contributed by atoms with Gasteiger partial charge in [-0.25, -0.2) is 0 Å². The van der Waals surface area contributed by atoms with E-state index in [4.69, 9.17) is 0 Å². The first-order valence-corrected chi connectivity index (χ1v) is 4.65. The average Bonchev–Trinajstić information content (AvgIpc) is 2.30. The topological polar surface area (TPSA) is 23.5 Å². The van der Waals surface area contributed by atoms with E-state index in [0.29, 0.717) is 0 Å². The van der Waals surface area contributed by atoms with Gasteiger partial charge in [-0.3, -0.25) is 0 Å². The molecule has 0 radical (unpaired) electrons. The SMILES string of the molecule is CCCCC1(C)CCCN1O. The van der Waals surface area contributed by atoms with Crippen LogP contribution in [0.5, 0.6) is 0 Å². The quantitative estimate of drug-likeness (QED) is 0.680. The van der Waals surface area contributed by atoms with Gasteiger partial charge in [-0.2, -0.15) is 5.06 Å². The van der Waals surface area contributed by atoms with Crippen molar-refractivity contribution in [1.82, 2.24) is 5.06 Å². The van der Waals surface area contributed by atoms with E-state index in [2.05, 4.69) is 13.8 Å². The number of unbranched alkanes of at least 4 members (excludes halogenated alkanes) is 1. The van der Waals surface area contributed by atoms with Gasteiger partial charge in [0.2, 0.25) is 0 Å². The molecule has 2 nitrogen and oxygen atoms in total. The molecule has 0 aromatic rings. The maximum atomic E-state index is 9.51. The molecule has 11 heavy (non-hydrogen) atoms. The lowest BCUT2D eigenvalue weighted by Gasteiger charge is -2.30. The summed E-state index contributed by atoms with van der Waals surface area (Å²) in [4.78, 5) is 0. The fourth-order valence-electron chi connectivity index (χ4n) is 1.82. The lowest BCUT2D eigenvalue weighted by atomic mass is 9.93. The number of hydroxylamine groups is 2. The zero-order valence-electron chi connectivity index (χ0n) is 7.64. The molecule has 0 aromatic carbocycles. The van der Waals surface area contributed by atoms with E-state index in [0.717, 1.165) is 25.8 Å². The van der Waals surface area contributed by atoms with Gasteiger partial charge in [0.25, 0.3) is 0 Å². The molecule has 0 amide bonds. The van der Waals surface area contributed by atoms with Crippen LogP contribution in [-0.2, 0) is 0 Å². The van der Waals surface area contributed by atoms with Gasteiger partial charge in [0.1, 0.15) is 0 Å². The zero-order valence-corrected chi connectivity index (χ0v) is 7.64. The molecule has 1 rings (SSSR count). The van der Waals surface area contributed by atoms with Crippen LogP contribution in [0.25, 0.3) is 0 Å². The molecule has 0 spiro atoms. The van der Waals surface area contributed by atoms with E-state index in [1.165, 1.54) is 17.9 Å². The Hall–Kier alpha value is -0.0800. The third kappa shape index (κ3) is 1.94. The smallest absolute Gasteiger partial charge is 0.0432 e. The molecular formula is C9H19NO. The summed E-state index contributed by atoms with van der Waals surface area (Å²) in [6.07, 6.45) is 5.90. The Morgan fingerprint density at radius 2 is 2.27 bits per heavy atom. The Labute approximate surface area is 69.2 Å². The summed E-state index contributed by atoms with van der Waals surface area (Å²) in [5, 5.41) is 11.0. The maximum Gasteiger partial charge on any atom is 0.0432 e. The standard InChI is InChI=1S/C9H19NO/c1-3-4-6-9(2)7-5-8-10(9)11/h11H,3-8H2,1-2H3. The normalized spacial score (nSPS) is 33.0. The van der Waals surface area contributed by atoms with Gasteiger partial charge >= 0.3 is 0 Å². The summed E-state index contributed by atoms with van der Waals surface area (Å²) >= 11 is 0. The minimum absolute atomic E-state index is 0.0933. The molecule has 0 aliphatic carbocycles. The van der Waals surface area contributed by atoms with Crippen LogP contribution in [0, 0.1) is 0 Å². The first-order valence-electron chi connectivity index (χ1n) is 4.65. The summed E-state index contributed by atoms with van der Waals surface area (Å²) in [6, 6.07) is 0. The van der Waals surface area contributed by atoms with Crippen molar-refractivity contribution in [1.29, 1.82) is 0 Å². The predicted molar refractivity (Wildman–Crippen MR) is 45.7 cm³/mol. The van der Waals surface area contributed by atoms with Crippen LogP contribution in [0.15, 0.2) is 0 Å². The average molecular weight is 157 g/mol. The Bertz CT molecular complexity index is 127. The largest absolute Gasteiger partial charge is 0.313 e. The van der Waals surface area contributed by atoms with Crippen LogP contribution >= 0.6 is 0 Å². The van der Waals surface area contributed by atoms with Crippen LogP contribution in [0.4, 0.5) is 0 Å². The van der Waals surface area contributed by atoms with Crippen molar-refractivity contribution in [2.75, 3.05) is 6.54 Å². The number of hydrogen-bond donors (Lipinski definition) is 1. The monoisotopic (exact) mass is 157 g/mol. The van der Waals surface area contributed by atoms with E-state index >= 15 is 0 Å². The fraction of sp³-hybridized carbons (Fsp3) is 1.00. The van der Waals surface area contributed by atoms with Gasteiger partial charge in [-0.15, -0.1) is 0 Å². The number of rotatable bonds is 3. The number of hydrogen-bond acceptors (Lipinski definition) is 2. The number of nitrogens with zero attached hydrogens (tertiary/aromatic N) is 1. The molecule has 1 aliphatic heterocycles. The molecule has 1 aliphatic rings. The Morgan fingerprint density at radius 3 is 2.73 bits per heavy atom. The van der Waals surface area contributed by atoms with Crippen molar-refractivity contribution >= 4 is 0 Å². The maximum absolute atomic E-state index is 9.51. The van der Waals surface area contributed by atoms with Gasteiger partial charge < -0.3 is 5.21 Å². The van der Waals surface area contributed by atoms with Gasteiger partial charge in [0.05, 0.1) is 0 Å². The Morgan fingerprint density at radius 1 is 1.55 bits per heavy atom. The molecule has 1 heterocycles. The third-order valence-electron chi connectivity index (χ3n) is 2.78. The molecule has 1 unspecified atom stereocenters. The fourth-order valence-corrected chi connectivity index (χ4v) is 1.82. The third-order valence-corrected chi connectivity index (χ3v) is 2.78. The summed E-state index contributed by atoms with van der Waals surface area (Å²) in [6.45, 7) is 5.22. The predicted octanol–water partition coefficient (Wildman–Crippen LogP) is 2.42. The zero-order chi connectivity index (χ0) is 8.32. The van der Waals surface area contributed by atoms with Crippen LogP contribution in [0.3, 0.4) is 0 Å². The molecule has 0 saturated carbocycles. The second-order valence-electron chi connectivity index (χ2n) is 3.83. The van der Waals surface area contributed by atoms with Gasteiger partial charge in [0, 0.05) is 12.1 Å². The summed E-state index contributed by atoms with van der Waals surface area (Å²) in [5.41, 5.74) is 0.0933. The van der Waals surface area contributed by atoms with Gasteiger partial charge in [-0.1, -0.05) is 19.8 Å². The minimum atomic E-state index is 0.0933. The Kier molecular flexibility index (Phi) is 2.90. The van der Waals surface area contributed by atoms with Crippen molar-refractivity contribution in [3.05, 3.63) is 0 Å². The molecule has 1 atom stereocenters. The highest BCUT2D eigenvalue weighted by Gasteiger charge is 2.34. The lowest BCUT2D eigenvalue weighted by Crippen LogP contribution is -2.38. The molecule has 66 valence electrons. The summed E-state index contributed by atoms with van der Waals surface area (Å²) in [5.74, 6) is 0. The second-order valence-corrected chi connectivity index (χ2v) is 3.83. The van der Waals surface area contributed by atoms with E-state index < -0.39 is 0 Å². The highest BCUT2D eigenvalue weighted by Crippen LogP contribution is 2.31. The van der Waals surface area contributed by atoms with Crippen LogP contribution < -0.4 is 0 Å². The molecule has 1 N–H and O–H groups in total. The highest BCUT2D eigenvalue weighted by atomic mass is 16.5. The van der Waals surface area contributed by atoms with Crippen molar-refractivity contribution in [3.8, 4) is 0 Å². The van der Waals surface area contributed by atoms with E-state index in [1.807, 2.05) is 0 Å². The van der Waals surface area contributed by atoms with Crippen molar-refractivity contribution in [2.24, 2.45) is 0 Å². The van der Waals surface area contributed by atoms with Crippen LogP contribution in [0.1, 0.15) is 46.0 Å². The van der Waals surface area contributed by atoms with Gasteiger partial charge in [-0.05, 0) is 26.2 Å². The second kappa shape index (κ2) is 3.55. The van der Waals surface area contributed by atoms with E-state index in [-0.39, 0.29) is 5.54 Å². The first-order chi connectivity index (χ1) is 5.19. The molecular weight excluding hydrogens is 138 g/mol. The van der Waals surface area contributed by atoms with Gasteiger partial charge in [0.15, 0.2) is 0 Å². The minimum Gasteiger partial charge on any atom is -0.313 e. The molecule has 2 heteroatoms. The summed E-state index contributed by atoms with van der Waals surface area (Å²) in [7, 11) is 0. The van der Waals surface area contributed by atoms with Crippen molar-refractivity contribution in [2.45, 2.75) is 51.5 Å². The van der Waals surface area contributed by atoms with Crippen LogP contribution in [-0.4, -0.2) is 22.4 Å². The first kappa shape index (κ1) is 9.01. The summed E-state index contributed by atoms with van der Waals surface area (Å²) < 4.78 is 0. The molecule has 0 aromatic heterocycles. The highest BCUT2D eigenvalue weighted by molar-refractivity contribution is 4.86. The molecule has 1 fully saturated rings. The van der Waals surface area contributed by atoms with Crippen molar-refractivity contribution in [3.63, 3.8) is 0 Å².